The van der Waals surface area contributed by atoms with Crippen LogP contribution in [0.3, 0.4) is 0 Å². The van der Waals surface area contributed by atoms with Crippen molar-refractivity contribution < 1.29 is 9.59 Å². The van der Waals surface area contributed by atoms with Gasteiger partial charge in [-0.1, -0.05) is 10.8 Å². The number of rotatable bonds is 2. The van der Waals surface area contributed by atoms with E-state index in [1.807, 2.05) is 0 Å². The van der Waals surface area contributed by atoms with Crippen molar-refractivity contribution >= 4 is 34.3 Å². The number of piperazine rings is 1. The SMILES string of the molecule is O=C1CNC(=O)[C@H](CSS)N1. The van der Waals surface area contributed by atoms with Gasteiger partial charge in [0.1, 0.15) is 6.04 Å². The lowest BCUT2D eigenvalue weighted by atomic mass is 10.2. The van der Waals surface area contributed by atoms with Crippen molar-refractivity contribution in [3.63, 3.8) is 0 Å². The molecule has 0 aromatic heterocycles. The summed E-state index contributed by atoms with van der Waals surface area (Å²) in [6.45, 7) is 0.0899. The van der Waals surface area contributed by atoms with Gasteiger partial charge in [0, 0.05) is 5.75 Å². The van der Waals surface area contributed by atoms with Crippen LogP contribution in [0.25, 0.3) is 0 Å². The third kappa shape index (κ3) is 2.30. The smallest absolute Gasteiger partial charge is 0.243 e. The maximum absolute atomic E-state index is 11.0. The van der Waals surface area contributed by atoms with E-state index in [0.29, 0.717) is 5.75 Å². The predicted octanol–water partition coefficient (Wildman–Crippen LogP) is -0.821. The second kappa shape index (κ2) is 3.87. The minimum atomic E-state index is -0.418. The highest BCUT2D eigenvalue weighted by molar-refractivity contribution is 8.68. The Kier molecular flexibility index (Phi) is 3.07. The number of carbonyl (C=O) groups is 2. The molecule has 0 aromatic carbocycles. The monoisotopic (exact) mass is 192 g/mol. The number of thiol groups is 1. The van der Waals surface area contributed by atoms with E-state index >= 15 is 0 Å². The molecule has 2 N–H and O–H groups in total. The molecule has 1 atom stereocenters. The maximum Gasteiger partial charge on any atom is 0.243 e. The molecule has 1 aliphatic rings. The Morgan fingerprint density at radius 1 is 1.64 bits per heavy atom. The number of amides is 2. The molecule has 1 heterocycles. The van der Waals surface area contributed by atoms with Crippen LogP contribution < -0.4 is 10.6 Å². The van der Waals surface area contributed by atoms with Gasteiger partial charge in [0.05, 0.1) is 6.54 Å². The van der Waals surface area contributed by atoms with Crippen molar-refractivity contribution in [3.8, 4) is 0 Å². The Balaban J connectivity index is 2.47. The first-order valence-electron chi connectivity index (χ1n) is 3.07. The van der Waals surface area contributed by atoms with Crippen molar-refractivity contribution in [1.29, 1.82) is 0 Å². The highest BCUT2D eigenvalue weighted by atomic mass is 33.1. The summed E-state index contributed by atoms with van der Waals surface area (Å²) in [5, 5.41) is 5.01. The van der Waals surface area contributed by atoms with Crippen LogP contribution in [0, 0.1) is 0 Å². The fourth-order valence-electron chi connectivity index (χ4n) is 0.793. The molecule has 0 bridgehead atoms. The van der Waals surface area contributed by atoms with E-state index in [0.717, 1.165) is 0 Å². The summed E-state index contributed by atoms with van der Waals surface area (Å²) < 4.78 is 0. The molecule has 0 spiro atoms. The van der Waals surface area contributed by atoms with Gasteiger partial charge in [-0.15, -0.1) is 11.7 Å². The van der Waals surface area contributed by atoms with Crippen LogP contribution in [0.15, 0.2) is 0 Å². The Hall–Kier alpha value is -0.360. The first kappa shape index (κ1) is 8.73. The molecule has 0 unspecified atom stereocenters. The van der Waals surface area contributed by atoms with Crippen molar-refractivity contribution in [2.45, 2.75) is 6.04 Å². The minimum absolute atomic E-state index is 0.0899. The molecule has 1 aliphatic heterocycles. The van der Waals surface area contributed by atoms with Gasteiger partial charge >= 0.3 is 0 Å². The van der Waals surface area contributed by atoms with Gasteiger partial charge in [-0.25, -0.2) is 0 Å². The van der Waals surface area contributed by atoms with Crippen molar-refractivity contribution in [3.05, 3.63) is 0 Å². The number of carbonyl (C=O) groups excluding carboxylic acids is 2. The van der Waals surface area contributed by atoms with Crippen molar-refractivity contribution in [1.82, 2.24) is 10.6 Å². The highest BCUT2D eigenvalue weighted by Crippen LogP contribution is 2.07. The van der Waals surface area contributed by atoms with E-state index in [1.165, 1.54) is 10.8 Å². The molecule has 0 saturated carbocycles. The van der Waals surface area contributed by atoms with Crippen molar-refractivity contribution in [2.24, 2.45) is 0 Å². The van der Waals surface area contributed by atoms with Crippen LogP contribution in [0.4, 0.5) is 0 Å². The molecule has 0 aromatic rings. The average molecular weight is 192 g/mol. The quantitative estimate of drug-likeness (QED) is 0.396. The fraction of sp³-hybridized carbons (Fsp3) is 0.600. The molecular formula is C5H8N2O2S2. The Bertz CT molecular complexity index is 185. The molecule has 1 fully saturated rings. The second-order valence-electron chi connectivity index (χ2n) is 2.13. The summed E-state index contributed by atoms with van der Waals surface area (Å²) in [6.07, 6.45) is 0. The fourth-order valence-corrected chi connectivity index (χ4v) is 1.62. The Morgan fingerprint density at radius 2 is 2.36 bits per heavy atom. The summed E-state index contributed by atoms with van der Waals surface area (Å²) in [5.41, 5.74) is 0. The highest BCUT2D eigenvalue weighted by Gasteiger charge is 2.24. The van der Waals surface area contributed by atoms with Gasteiger partial charge in [-0.05, 0) is 0 Å². The lowest BCUT2D eigenvalue weighted by molar-refractivity contribution is -0.133. The first-order chi connectivity index (χ1) is 5.24. The number of nitrogens with one attached hydrogen (secondary N) is 2. The largest absolute Gasteiger partial charge is 0.345 e. The Labute approximate surface area is 73.3 Å². The van der Waals surface area contributed by atoms with Crippen LogP contribution >= 0.6 is 22.5 Å². The predicted molar refractivity (Wildman–Crippen MR) is 46.4 cm³/mol. The van der Waals surface area contributed by atoms with Crippen LogP contribution in [-0.4, -0.2) is 30.2 Å². The maximum atomic E-state index is 11.0. The molecule has 6 heteroatoms. The lowest BCUT2D eigenvalue weighted by Crippen LogP contribution is -2.57. The van der Waals surface area contributed by atoms with Gasteiger partial charge in [0.15, 0.2) is 0 Å². The molecule has 11 heavy (non-hydrogen) atoms. The van der Waals surface area contributed by atoms with E-state index in [4.69, 9.17) is 0 Å². The third-order valence-electron chi connectivity index (χ3n) is 1.32. The number of hydrogen-bond acceptors (Lipinski definition) is 4. The zero-order valence-corrected chi connectivity index (χ0v) is 7.37. The van der Waals surface area contributed by atoms with Crippen LogP contribution in [0.2, 0.25) is 0 Å². The standard InChI is InChI=1S/C5H8N2O2S2/c8-4-1-6-5(9)3(7-4)2-11-10/h3,10H,1-2H2,(H,6,9)(H,7,8)/t3-/m0/s1. The molecular weight excluding hydrogens is 184 g/mol. The average Bonchev–Trinajstić information content (AvgIpc) is 1.98. The zero-order valence-electron chi connectivity index (χ0n) is 5.66. The normalized spacial score (nSPS) is 24.3. The summed E-state index contributed by atoms with van der Waals surface area (Å²) in [6, 6.07) is -0.418. The zero-order chi connectivity index (χ0) is 8.27. The lowest BCUT2D eigenvalue weighted by Gasteiger charge is -2.21. The molecule has 1 saturated heterocycles. The molecule has 4 nitrogen and oxygen atoms in total. The first-order valence-corrected chi connectivity index (χ1v) is 5.11. The van der Waals surface area contributed by atoms with Gasteiger partial charge in [0.25, 0.3) is 0 Å². The summed E-state index contributed by atoms with van der Waals surface area (Å²) in [7, 11) is 1.23. The van der Waals surface area contributed by atoms with Crippen LogP contribution in [0.1, 0.15) is 0 Å². The molecule has 0 radical (unpaired) electrons. The van der Waals surface area contributed by atoms with E-state index in [9.17, 15) is 9.59 Å². The minimum Gasteiger partial charge on any atom is -0.345 e. The van der Waals surface area contributed by atoms with Gasteiger partial charge in [0.2, 0.25) is 11.8 Å². The van der Waals surface area contributed by atoms with Gasteiger partial charge in [-0.3, -0.25) is 9.59 Å². The van der Waals surface area contributed by atoms with Crippen LogP contribution in [0.5, 0.6) is 0 Å². The Morgan fingerprint density at radius 3 is 3.00 bits per heavy atom. The molecule has 2 amide bonds. The summed E-state index contributed by atoms with van der Waals surface area (Å²) in [5.74, 6) is 0.226. The summed E-state index contributed by atoms with van der Waals surface area (Å²) in [4.78, 5) is 21.7. The van der Waals surface area contributed by atoms with E-state index in [-0.39, 0.29) is 18.4 Å². The van der Waals surface area contributed by atoms with Crippen LogP contribution in [-0.2, 0) is 9.59 Å². The van der Waals surface area contributed by atoms with Crippen molar-refractivity contribution in [2.75, 3.05) is 12.3 Å². The topological polar surface area (TPSA) is 58.2 Å². The van der Waals surface area contributed by atoms with E-state index < -0.39 is 6.04 Å². The molecule has 0 aliphatic carbocycles. The van der Waals surface area contributed by atoms with Gasteiger partial charge in [-0.2, -0.15) is 0 Å². The molecule has 62 valence electrons. The third-order valence-corrected chi connectivity index (χ3v) is 2.25. The van der Waals surface area contributed by atoms with E-state index in [2.05, 4.69) is 22.3 Å². The van der Waals surface area contributed by atoms with E-state index in [1.54, 1.807) is 0 Å². The second-order valence-corrected chi connectivity index (χ2v) is 3.50. The summed E-state index contributed by atoms with van der Waals surface area (Å²) >= 11 is 3.89. The van der Waals surface area contributed by atoms with Gasteiger partial charge < -0.3 is 10.6 Å². The molecule has 1 rings (SSSR count). The number of hydrogen-bond donors (Lipinski definition) is 3.